The molecule has 0 saturated carbocycles. The summed E-state index contributed by atoms with van der Waals surface area (Å²) in [5, 5.41) is 2.80. The van der Waals surface area contributed by atoms with Crippen LogP contribution >= 0.6 is 0 Å². The molecule has 0 heterocycles. The van der Waals surface area contributed by atoms with Crippen LogP contribution in [0, 0.1) is 0 Å². The first-order valence-corrected chi connectivity index (χ1v) is 3.99. The van der Waals surface area contributed by atoms with Gasteiger partial charge in [0.05, 0.1) is 0 Å². The Labute approximate surface area is 67.0 Å². The summed E-state index contributed by atoms with van der Waals surface area (Å²) in [6.07, 6.45) is 8.75. The highest BCUT2D eigenvalue weighted by Crippen LogP contribution is 2.06. The predicted molar refractivity (Wildman–Crippen MR) is 44.9 cm³/mol. The summed E-state index contributed by atoms with van der Waals surface area (Å²) in [7, 11) is 0. The van der Waals surface area contributed by atoms with E-state index in [2.05, 4.69) is 11.4 Å². The maximum atomic E-state index is 10.9. The molecule has 0 aromatic heterocycles. The lowest BCUT2D eigenvalue weighted by Crippen LogP contribution is -2.20. The van der Waals surface area contributed by atoms with E-state index < -0.39 is 0 Å². The summed E-state index contributed by atoms with van der Waals surface area (Å²) in [6, 6.07) is 0. The van der Waals surface area contributed by atoms with Crippen molar-refractivity contribution in [1.29, 1.82) is 0 Å². The van der Waals surface area contributed by atoms with Gasteiger partial charge in [0.25, 0.3) is 0 Å². The third-order valence-corrected chi connectivity index (χ3v) is 1.60. The van der Waals surface area contributed by atoms with Crippen molar-refractivity contribution < 1.29 is 4.79 Å². The van der Waals surface area contributed by atoms with Gasteiger partial charge in [0, 0.05) is 12.1 Å². The second-order valence-corrected chi connectivity index (χ2v) is 2.54. The van der Waals surface area contributed by atoms with Crippen LogP contribution < -0.4 is 5.32 Å². The molecule has 0 aliphatic heterocycles. The van der Waals surface area contributed by atoms with E-state index in [0.717, 1.165) is 18.5 Å². The second-order valence-electron chi connectivity index (χ2n) is 2.54. The van der Waals surface area contributed by atoms with Crippen molar-refractivity contribution >= 4 is 5.91 Å². The van der Waals surface area contributed by atoms with E-state index in [1.807, 2.05) is 19.1 Å². The third kappa shape index (κ3) is 2.58. The molecule has 1 aliphatic carbocycles. The van der Waals surface area contributed by atoms with Crippen LogP contribution in [0.15, 0.2) is 23.9 Å². The predicted octanol–water partition coefficient (Wildman–Crippen LogP) is 1.75. The SMILES string of the molecule is CCC(=O)NC1=CCCC=C1. The lowest BCUT2D eigenvalue weighted by atomic mass is 10.1. The molecule has 0 bridgehead atoms. The zero-order valence-electron chi connectivity index (χ0n) is 6.76. The highest BCUT2D eigenvalue weighted by Gasteiger charge is 2.00. The van der Waals surface area contributed by atoms with Gasteiger partial charge in [0.1, 0.15) is 0 Å². The zero-order chi connectivity index (χ0) is 8.10. The molecule has 0 fully saturated rings. The number of hydrogen-bond donors (Lipinski definition) is 1. The summed E-state index contributed by atoms with van der Waals surface area (Å²) in [6.45, 7) is 1.85. The Hall–Kier alpha value is -1.05. The Morgan fingerprint density at radius 2 is 2.45 bits per heavy atom. The van der Waals surface area contributed by atoms with Crippen molar-refractivity contribution in [1.82, 2.24) is 5.32 Å². The van der Waals surface area contributed by atoms with E-state index in [9.17, 15) is 4.79 Å². The number of allylic oxidation sites excluding steroid dienone is 3. The van der Waals surface area contributed by atoms with Gasteiger partial charge in [-0.15, -0.1) is 0 Å². The van der Waals surface area contributed by atoms with Crippen molar-refractivity contribution in [3.63, 3.8) is 0 Å². The highest BCUT2D eigenvalue weighted by atomic mass is 16.1. The molecular formula is C9H13NO. The van der Waals surface area contributed by atoms with Gasteiger partial charge in [-0.3, -0.25) is 4.79 Å². The zero-order valence-corrected chi connectivity index (χ0v) is 6.76. The summed E-state index contributed by atoms with van der Waals surface area (Å²) < 4.78 is 0. The fourth-order valence-electron chi connectivity index (χ4n) is 0.955. The Kier molecular flexibility index (Phi) is 2.90. The molecule has 1 aliphatic rings. The van der Waals surface area contributed by atoms with Gasteiger partial charge in [0.2, 0.25) is 5.91 Å². The minimum atomic E-state index is 0.0859. The normalized spacial score (nSPS) is 15.9. The van der Waals surface area contributed by atoms with E-state index in [0.29, 0.717) is 6.42 Å². The highest BCUT2D eigenvalue weighted by molar-refractivity contribution is 5.77. The molecular weight excluding hydrogens is 138 g/mol. The molecule has 0 radical (unpaired) electrons. The van der Waals surface area contributed by atoms with Crippen LogP contribution in [0.25, 0.3) is 0 Å². The first kappa shape index (κ1) is 8.05. The Bertz CT molecular complexity index is 204. The number of carbonyl (C=O) groups is 1. The Morgan fingerprint density at radius 1 is 1.64 bits per heavy atom. The van der Waals surface area contributed by atoms with Gasteiger partial charge in [-0.1, -0.05) is 19.1 Å². The molecule has 2 heteroatoms. The van der Waals surface area contributed by atoms with Crippen LogP contribution in [-0.2, 0) is 4.79 Å². The lowest BCUT2D eigenvalue weighted by molar-refractivity contribution is -0.120. The molecule has 0 unspecified atom stereocenters. The average Bonchev–Trinajstić information content (AvgIpc) is 2.06. The quantitative estimate of drug-likeness (QED) is 0.640. The minimum Gasteiger partial charge on any atom is -0.326 e. The van der Waals surface area contributed by atoms with E-state index >= 15 is 0 Å². The summed E-state index contributed by atoms with van der Waals surface area (Å²) in [5.41, 5.74) is 0.947. The summed E-state index contributed by atoms with van der Waals surface area (Å²) in [4.78, 5) is 10.9. The molecule has 60 valence electrons. The van der Waals surface area contributed by atoms with Gasteiger partial charge in [-0.05, 0) is 18.9 Å². The molecule has 1 amide bonds. The Morgan fingerprint density at radius 3 is 3.00 bits per heavy atom. The maximum absolute atomic E-state index is 10.9. The lowest BCUT2D eigenvalue weighted by Gasteiger charge is -2.07. The van der Waals surface area contributed by atoms with Crippen LogP contribution in [0.4, 0.5) is 0 Å². The molecule has 0 aromatic carbocycles. The van der Waals surface area contributed by atoms with Crippen LogP contribution in [0.1, 0.15) is 26.2 Å². The van der Waals surface area contributed by atoms with Crippen molar-refractivity contribution in [3.05, 3.63) is 23.9 Å². The molecule has 1 N–H and O–H groups in total. The van der Waals surface area contributed by atoms with E-state index in [1.165, 1.54) is 0 Å². The van der Waals surface area contributed by atoms with Crippen molar-refractivity contribution in [2.45, 2.75) is 26.2 Å². The molecule has 11 heavy (non-hydrogen) atoms. The smallest absolute Gasteiger partial charge is 0.224 e. The number of rotatable bonds is 2. The van der Waals surface area contributed by atoms with E-state index in [-0.39, 0.29) is 5.91 Å². The molecule has 0 aromatic rings. The monoisotopic (exact) mass is 151 g/mol. The molecule has 0 saturated heterocycles. The van der Waals surface area contributed by atoms with Gasteiger partial charge >= 0.3 is 0 Å². The molecule has 2 nitrogen and oxygen atoms in total. The van der Waals surface area contributed by atoms with Gasteiger partial charge in [-0.2, -0.15) is 0 Å². The third-order valence-electron chi connectivity index (χ3n) is 1.60. The average molecular weight is 151 g/mol. The van der Waals surface area contributed by atoms with Gasteiger partial charge in [0.15, 0.2) is 0 Å². The van der Waals surface area contributed by atoms with Crippen molar-refractivity contribution in [2.24, 2.45) is 0 Å². The number of amides is 1. The fraction of sp³-hybridized carbons (Fsp3) is 0.444. The topological polar surface area (TPSA) is 29.1 Å². The first-order valence-electron chi connectivity index (χ1n) is 3.99. The number of hydrogen-bond acceptors (Lipinski definition) is 1. The van der Waals surface area contributed by atoms with Gasteiger partial charge in [-0.25, -0.2) is 0 Å². The maximum Gasteiger partial charge on any atom is 0.224 e. The second kappa shape index (κ2) is 3.96. The fourth-order valence-corrected chi connectivity index (χ4v) is 0.955. The van der Waals surface area contributed by atoms with Gasteiger partial charge < -0.3 is 5.32 Å². The van der Waals surface area contributed by atoms with Crippen molar-refractivity contribution in [2.75, 3.05) is 0 Å². The first-order chi connectivity index (χ1) is 5.33. The minimum absolute atomic E-state index is 0.0859. The van der Waals surface area contributed by atoms with Crippen LogP contribution in [-0.4, -0.2) is 5.91 Å². The Balaban J connectivity index is 2.42. The molecule has 1 rings (SSSR count). The van der Waals surface area contributed by atoms with Crippen LogP contribution in [0.3, 0.4) is 0 Å². The molecule has 0 spiro atoms. The van der Waals surface area contributed by atoms with E-state index in [4.69, 9.17) is 0 Å². The van der Waals surface area contributed by atoms with Crippen LogP contribution in [0.5, 0.6) is 0 Å². The summed E-state index contributed by atoms with van der Waals surface area (Å²) in [5.74, 6) is 0.0859. The van der Waals surface area contributed by atoms with Crippen molar-refractivity contribution in [3.8, 4) is 0 Å². The standard InChI is InChI=1S/C9H13NO/c1-2-9(11)10-8-6-4-3-5-7-8/h4,6-7H,2-3,5H2,1H3,(H,10,11). The largest absolute Gasteiger partial charge is 0.326 e. The number of carbonyl (C=O) groups excluding carboxylic acids is 1. The number of nitrogens with one attached hydrogen (secondary N) is 1. The van der Waals surface area contributed by atoms with E-state index in [1.54, 1.807) is 0 Å². The van der Waals surface area contributed by atoms with Crippen LogP contribution in [0.2, 0.25) is 0 Å². The summed E-state index contributed by atoms with van der Waals surface area (Å²) >= 11 is 0. The molecule has 0 atom stereocenters.